The molecule has 1 N–H and O–H groups in total. The maximum atomic E-state index is 13.9. The predicted molar refractivity (Wildman–Crippen MR) is 146 cm³/mol. The van der Waals surface area contributed by atoms with Crippen LogP contribution in [0.4, 0.5) is 0 Å². The molecule has 4 rings (SSSR count). The zero-order valence-electron chi connectivity index (χ0n) is 22.2. The average Bonchev–Trinajstić information content (AvgIpc) is 2.91. The highest BCUT2D eigenvalue weighted by Gasteiger charge is 2.42. The van der Waals surface area contributed by atoms with E-state index in [9.17, 15) is 9.59 Å². The number of rotatable bonds is 9. The standard InChI is InChI=1S/C29H32BrNO7/c1-16-26(29(33)38-11-10-34-2)27(20-15-19(30)7-9-23(20)35-3)28-21(31-16)12-18(13-22(28)32)17-6-8-24(36-4)25(14-17)37-5/h6-9,14-15,18,27,31H,10-13H2,1-5H3/t18-,27+/m0/s1. The summed E-state index contributed by atoms with van der Waals surface area (Å²) < 4.78 is 27.9. The first-order valence-corrected chi connectivity index (χ1v) is 13.1. The fourth-order valence-corrected chi connectivity index (χ4v) is 5.57. The molecule has 202 valence electrons. The Morgan fingerprint density at radius 3 is 2.34 bits per heavy atom. The molecule has 2 aliphatic rings. The molecule has 0 saturated heterocycles. The minimum atomic E-state index is -0.646. The third-order valence-corrected chi connectivity index (χ3v) is 7.44. The number of nitrogens with one attached hydrogen (secondary N) is 1. The Bertz CT molecular complexity index is 1300. The summed E-state index contributed by atoms with van der Waals surface area (Å²) in [5, 5.41) is 3.37. The van der Waals surface area contributed by atoms with Gasteiger partial charge in [0.25, 0.3) is 0 Å². The van der Waals surface area contributed by atoms with Crippen LogP contribution in [0.15, 0.2) is 63.4 Å². The quantitative estimate of drug-likeness (QED) is 0.324. The van der Waals surface area contributed by atoms with Gasteiger partial charge in [0, 0.05) is 40.5 Å². The van der Waals surface area contributed by atoms with Gasteiger partial charge < -0.3 is 29.0 Å². The molecule has 1 aliphatic heterocycles. The van der Waals surface area contributed by atoms with Crippen molar-refractivity contribution in [3.05, 3.63) is 74.5 Å². The topological polar surface area (TPSA) is 92.3 Å². The molecular weight excluding hydrogens is 554 g/mol. The van der Waals surface area contributed by atoms with E-state index in [0.717, 1.165) is 15.7 Å². The summed E-state index contributed by atoms with van der Waals surface area (Å²) in [5.74, 6) is 0.570. The second-order valence-electron chi connectivity index (χ2n) is 9.15. The molecule has 0 aromatic heterocycles. The van der Waals surface area contributed by atoms with Gasteiger partial charge in [0.1, 0.15) is 12.4 Å². The molecular formula is C29H32BrNO7. The van der Waals surface area contributed by atoms with Crippen molar-refractivity contribution in [2.75, 3.05) is 41.7 Å². The number of ketones is 1. The number of Topliss-reactive ketones (excluding diaryl/α,β-unsaturated/α-hetero) is 1. The molecule has 0 unspecified atom stereocenters. The highest BCUT2D eigenvalue weighted by atomic mass is 79.9. The van der Waals surface area contributed by atoms with Crippen LogP contribution in [0.1, 0.15) is 42.7 Å². The van der Waals surface area contributed by atoms with Gasteiger partial charge in [-0.2, -0.15) is 0 Å². The summed E-state index contributed by atoms with van der Waals surface area (Å²) in [5.41, 5.74) is 4.06. The van der Waals surface area contributed by atoms with Gasteiger partial charge in [-0.15, -0.1) is 0 Å². The van der Waals surface area contributed by atoms with Crippen LogP contribution in [0.25, 0.3) is 0 Å². The van der Waals surface area contributed by atoms with Gasteiger partial charge in [0.15, 0.2) is 17.3 Å². The third-order valence-electron chi connectivity index (χ3n) is 6.95. The molecule has 0 amide bonds. The smallest absolute Gasteiger partial charge is 0.336 e. The van der Waals surface area contributed by atoms with Crippen molar-refractivity contribution in [3.8, 4) is 17.2 Å². The van der Waals surface area contributed by atoms with E-state index in [1.54, 1.807) is 28.4 Å². The van der Waals surface area contributed by atoms with E-state index in [2.05, 4.69) is 21.2 Å². The van der Waals surface area contributed by atoms with Crippen molar-refractivity contribution in [1.82, 2.24) is 5.32 Å². The van der Waals surface area contributed by atoms with Crippen LogP contribution in [-0.2, 0) is 19.1 Å². The van der Waals surface area contributed by atoms with Crippen LogP contribution in [0.5, 0.6) is 17.2 Å². The Kier molecular flexibility index (Phi) is 8.79. The molecule has 2 aromatic carbocycles. The van der Waals surface area contributed by atoms with Gasteiger partial charge in [-0.05, 0) is 55.2 Å². The SMILES string of the molecule is COCCOC(=O)C1=C(C)NC2=C(C(=O)C[C@@H](c3ccc(OC)c(OC)c3)C2)[C@@H]1c1cc(Br)ccc1OC. The van der Waals surface area contributed by atoms with Gasteiger partial charge in [0.05, 0.1) is 39.4 Å². The number of halogens is 1. The molecule has 0 radical (unpaired) electrons. The Morgan fingerprint density at radius 2 is 1.66 bits per heavy atom. The number of ether oxygens (including phenoxy) is 5. The number of allylic oxidation sites excluding steroid dienone is 3. The van der Waals surface area contributed by atoms with Crippen LogP contribution in [0.2, 0.25) is 0 Å². The van der Waals surface area contributed by atoms with E-state index in [-0.39, 0.29) is 31.3 Å². The van der Waals surface area contributed by atoms with Crippen molar-refractivity contribution in [2.45, 2.75) is 31.6 Å². The summed E-state index contributed by atoms with van der Waals surface area (Å²) in [4.78, 5) is 27.3. The van der Waals surface area contributed by atoms with Crippen molar-refractivity contribution in [1.29, 1.82) is 0 Å². The first-order chi connectivity index (χ1) is 18.3. The number of methoxy groups -OCH3 is 4. The number of dihydropyridines is 1. The Balaban J connectivity index is 1.79. The van der Waals surface area contributed by atoms with Crippen molar-refractivity contribution < 1.29 is 33.3 Å². The number of esters is 1. The van der Waals surface area contributed by atoms with Crippen LogP contribution in [-0.4, -0.2) is 53.4 Å². The Labute approximate surface area is 231 Å². The average molecular weight is 586 g/mol. The van der Waals surface area contributed by atoms with Crippen molar-refractivity contribution >= 4 is 27.7 Å². The Hall–Kier alpha value is -3.30. The second-order valence-corrected chi connectivity index (χ2v) is 10.1. The van der Waals surface area contributed by atoms with Crippen LogP contribution in [0, 0.1) is 0 Å². The van der Waals surface area contributed by atoms with E-state index < -0.39 is 11.9 Å². The number of benzene rings is 2. The minimum Gasteiger partial charge on any atom is -0.496 e. The maximum absolute atomic E-state index is 13.9. The van der Waals surface area contributed by atoms with E-state index in [1.807, 2.05) is 43.3 Å². The first kappa shape index (κ1) is 27.7. The van der Waals surface area contributed by atoms with E-state index in [0.29, 0.717) is 46.1 Å². The van der Waals surface area contributed by atoms with E-state index in [1.165, 1.54) is 0 Å². The normalized spacial score (nSPS) is 19.1. The van der Waals surface area contributed by atoms with E-state index >= 15 is 0 Å². The van der Waals surface area contributed by atoms with Crippen LogP contribution < -0.4 is 19.5 Å². The van der Waals surface area contributed by atoms with Gasteiger partial charge in [0.2, 0.25) is 0 Å². The highest BCUT2D eigenvalue weighted by molar-refractivity contribution is 9.10. The first-order valence-electron chi connectivity index (χ1n) is 12.3. The molecule has 1 aliphatic carbocycles. The van der Waals surface area contributed by atoms with Crippen molar-refractivity contribution in [3.63, 3.8) is 0 Å². The van der Waals surface area contributed by atoms with E-state index in [4.69, 9.17) is 23.7 Å². The predicted octanol–water partition coefficient (Wildman–Crippen LogP) is 5.03. The van der Waals surface area contributed by atoms with Gasteiger partial charge >= 0.3 is 5.97 Å². The lowest BCUT2D eigenvalue weighted by Crippen LogP contribution is -2.36. The van der Waals surface area contributed by atoms with Crippen LogP contribution in [0.3, 0.4) is 0 Å². The monoisotopic (exact) mass is 585 g/mol. The molecule has 0 saturated carbocycles. The second kappa shape index (κ2) is 12.0. The third kappa shape index (κ3) is 5.44. The van der Waals surface area contributed by atoms with Gasteiger partial charge in [-0.1, -0.05) is 22.0 Å². The summed E-state index contributed by atoms with van der Waals surface area (Å²) in [6, 6.07) is 11.3. The lowest BCUT2D eigenvalue weighted by molar-refractivity contribution is -0.140. The summed E-state index contributed by atoms with van der Waals surface area (Å²) >= 11 is 3.54. The summed E-state index contributed by atoms with van der Waals surface area (Å²) in [6.07, 6.45) is 0.876. The summed E-state index contributed by atoms with van der Waals surface area (Å²) in [6.45, 7) is 2.21. The summed E-state index contributed by atoms with van der Waals surface area (Å²) in [7, 11) is 6.30. The fraction of sp³-hybridized carbons (Fsp3) is 0.379. The molecule has 2 aromatic rings. The van der Waals surface area contributed by atoms with Crippen molar-refractivity contribution in [2.24, 2.45) is 0 Å². The fourth-order valence-electron chi connectivity index (χ4n) is 5.19. The molecule has 2 atom stereocenters. The molecule has 8 nitrogen and oxygen atoms in total. The molecule has 38 heavy (non-hydrogen) atoms. The minimum absolute atomic E-state index is 0.0414. The lowest BCUT2D eigenvalue weighted by Gasteiger charge is -2.37. The Morgan fingerprint density at radius 1 is 0.947 bits per heavy atom. The molecule has 0 spiro atoms. The maximum Gasteiger partial charge on any atom is 0.336 e. The largest absolute Gasteiger partial charge is 0.496 e. The zero-order chi connectivity index (χ0) is 27.4. The number of carbonyl (C=O) groups excluding carboxylic acids is 2. The zero-order valence-corrected chi connectivity index (χ0v) is 23.8. The highest BCUT2D eigenvalue weighted by Crippen LogP contribution is 2.48. The molecule has 1 heterocycles. The van der Waals surface area contributed by atoms with Gasteiger partial charge in [-0.3, -0.25) is 4.79 Å². The molecule has 0 bridgehead atoms. The number of carbonyl (C=O) groups is 2. The number of hydrogen-bond donors (Lipinski definition) is 1. The van der Waals surface area contributed by atoms with Gasteiger partial charge in [-0.25, -0.2) is 4.79 Å². The van der Waals surface area contributed by atoms with Crippen LogP contribution >= 0.6 is 15.9 Å². The lowest BCUT2D eigenvalue weighted by atomic mass is 9.71. The molecule has 0 fully saturated rings. The number of hydrogen-bond acceptors (Lipinski definition) is 8. The molecule has 9 heteroatoms.